The van der Waals surface area contributed by atoms with E-state index in [0.29, 0.717) is 10.9 Å². The van der Waals surface area contributed by atoms with Crippen LogP contribution in [0.2, 0.25) is 0 Å². The summed E-state index contributed by atoms with van der Waals surface area (Å²) in [5.41, 5.74) is 4.14. The molecule has 1 amide bonds. The standard InChI is InChI=1S/C22H24N2O5/c1-12-5-13(2)22(14(3)6-12)23-20(27)11-24(4)10-15-7-21(28)29-19-9-18(26)17(25)8-16(15)19/h5-9,25-26H,10-11H2,1-4H3,(H,23,27). The predicted molar refractivity (Wildman–Crippen MR) is 111 cm³/mol. The fraction of sp³-hybridized carbons (Fsp3) is 0.273. The molecule has 0 fully saturated rings. The van der Waals surface area contributed by atoms with E-state index >= 15 is 0 Å². The monoisotopic (exact) mass is 396 g/mol. The summed E-state index contributed by atoms with van der Waals surface area (Å²) in [6, 6.07) is 7.90. The normalized spacial score (nSPS) is 11.2. The molecular weight excluding hydrogens is 372 g/mol. The lowest BCUT2D eigenvalue weighted by Crippen LogP contribution is -2.30. The van der Waals surface area contributed by atoms with Crippen molar-refractivity contribution in [2.75, 3.05) is 18.9 Å². The van der Waals surface area contributed by atoms with Crippen molar-refractivity contribution in [2.45, 2.75) is 27.3 Å². The van der Waals surface area contributed by atoms with Crippen LogP contribution in [0.3, 0.4) is 0 Å². The van der Waals surface area contributed by atoms with Gasteiger partial charge in [0.15, 0.2) is 11.5 Å². The van der Waals surface area contributed by atoms with Crippen LogP contribution in [0.4, 0.5) is 5.69 Å². The van der Waals surface area contributed by atoms with E-state index in [-0.39, 0.29) is 36.1 Å². The van der Waals surface area contributed by atoms with Crippen molar-refractivity contribution in [1.82, 2.24) is 4.90 Å². The topological polar surface area (TPSA) is 103 Å². The Labute approximate surface area is 168 Å². The Balaban J connectivity index is 1.77. The van der Waals surface area contributed by atoms with E-state index in [1.807, 2.05) is 32.9 Å². The quantitative estimate of drug-likeness (QED) is 0.452. The third-order valence-corrected chi connectivity index (χ3v) is 4.72. The number of benzene rings is 2. The summed E-state index contributed by atoms with van der Waals surface area (Å²) in [5, 5.41) is 22.9. The number of fused-ring (bicyclic) bond motifs is 1. The highest BCUT2D eigenvalue weighted by atomic mass is 16.4. The number of nitrogens with one attached hydrogen (secondary N) is 1. The van der Waals surface area contributed by atoms with Crippen molar-refractivity contribution in [3.63, 3.8) is 0 Å². The second-order valence-corrected chi connectivity index (χ2v) is 7.42. The van der Waals surface area contributed by atoms with E-state index in [1.165, 1.54) is 18.2 Å². The van der Waals surface area contributed by atoms with E-state index in [2.05, 4.69) is 5.32 Å². The van der Waals surface area contributed by atoms with Crippen molar-refractivity contribution in [3.8, 4) is 11.5 Å². The van der Waals surface area contributed by atoms with Crippen LogP contribution in [0.1, 0.15) is 22.3 Å². The van der Waals surface area contributed by atoms with E-state index in [1.54, 1.807) is 11.9 Å². The number of carbonyl (C=O) groups is 1. The number of nitrogens with zero attached hydrogens (tertiary/aromatic N) is 1. The van der Waals surface area contributed by atoms with Gasteiger partial charge in [-0.2, -0.15) is 0 Å². The van der Waals surface area contributed by atoms with Crippen molar-refractivity contribution < 1.29 is 19.4 Å². The minimum Gasteiger partial charge on any atom is -0.504 e. The second kappa shape index (κ2) is 7.97. The third kappa shape index (κ3) is 4.57. The zero-order valence-corrected chi connectivity index (χ0v) is 16.9. The Morgan fingerprint density at radius 2 is 1.66 bits per heavy atom. The summed E-state index contributed by atoms with van der Waals surface area (Å²) < 4.78 is 5.09. The van der Waals surface area contributed by atoms with Crippen molar-refractivity contribution in [1.29, 1.82) is 0 Å². The Morgan fingerprint density at radius 1 is 1.03 bits per heavy atom. The summed E-state index contributed by atoms with van der Waals surface area (Å²) in [4.78, 5) is 26.1. The second-order valence-electron chi connectivity index (χ2n) is 7.42. The van der Waals surface area contributed by atoms with Gasteiger partial charge in [-0.3, -0.25) is 9.69 Å². The molecule has 1 heterocycles. The number of phenolic OH excluding ortho intramolecular Hbond substituents is 2. The van der Waals surface area contributed by atoms with Gasteiger partial charge in [0.05, 0.1) is 6.54 Å². The van der Waals surface area contributed by atoms with Gasteiger partial charge < -0.3 is 19.9 Å². The number of aromatic hydroxyl groups is 2. The molecule has 0 aliphatic rings. The molecule has 0 spiro atoms. The van der Waals surface area contributed by atoms with Crippen LogP contribution >= 0.6 is 0 Å². The molecule has 0 unspecified atom stereocenters. The lowest BCUT2D eigenvalue weighted by molar-refractivity contribution is -0.117. The molecule has 0 aliphatic heterocycles. The average molecular weight is 396 g/mol. The minimum atomic E-state index is -0.568. The number of anilines is 1. The van der Waals surface area contributed by atoms with Crippen molar-refractivity contribution >= 4 is 22.6 Å². The van der Waals surface area contributed by atoms with Gasteiger partial charge in [-0.15, -0.1) is 0 Å². The molecule has 0 atom stereocenters. The molecule has 29 heavy (non-hydrogen) atoms. The smallest absolute Gasteiger partial charge is 0.336 e. The van der Waals surface area contributed by atoms with Gasteiger partial charge in [-0.1, -0.05) is 17.7 Å². The van der Waals surface area contributed by atoms with Gasteiger partial charge in [0, 0.05) is 29.8 Å². The van der Waals surface area contributed by atoms with Crippen LogP contribution in [0, 0.1) is 20.8 Å². The van der Waals surface area contributed by atoms with Crippen LogP contribution in [0.15, 0.2) is 39.5 Å². The van der Waals surface area contributed by atoms with E-state index in [0.717, 1.165) is 22.4 Å². The number of carbonyl (C=O) groups excluding carboxylic acids is 1. The summed E-state index contributed by atoms with van der Waals surface area (Å²) in [5.74, 6) is -0.844. The first-order chi connectivity index (χ1) is 13.6. The maximum absolute atomic E-state index is 12.5. The maximum atomic E-state index is 12.5. The van der Waals surface area contributed by atoms with Gasteiger partial charge >= 0.3 is 5.63 Å². The summed E-state index contributed by atoms with van der Waals surface area (Å²) in [6.45, 7) is 6.31. The van der Waals surface area contributed by atoms with Gasteiger partial charge in [0.2, 0.25) is 5.91 Å². The molecule has 0 radical (unpaired) electrons. The molecule has 2 aromatic carbocycles. The van der Waals surface area contributed by atoms with Gasteiger partial charge in [-0.05, 0) is 50.6 Å². The molecule has 7 heteroatoms. The molecule has 0 saturated heterocycles. The minimum absolute atomic E-state index is 0.110. The summed E-state index contributed by atoms with van der Waals surface area (Å²) in [6.07, 6.45) is 0. The van der Waals surface area contributed by atoms with Crippen molar-refractivity contribution in [2.24, 2.45) is 0 Å². The number of rotatable bonds is 5. The van der Waals surface area contributed by atoms with Crippen LogP contribution in [0.25, 0.3) is 11.0 Å². The highest BCUT2D eigenvalue weighted by molar-refractivity contribution is 5.94. The molecule has 1 aromatic heterocycles. The van der Waals surface area contributed by atoms with Crippen LogP contribution in [-0.4, -0.2) is 34.6 Å². The highest BCUT2D eigenvalue weighted by Crippen LogP contribution is 2.31. The largest absolute Gasteiger partial charge is 0.504 e. The molecule has 0 saturated carbocycles. The fourth-order valence-corrected chi connectivity index (χ4v) is 3.53. The van der Waals surface area contributed by atoms with E-state index < -0.39 is 5.63 Å². The maximum Gasteiger partial charge on any atom is 0.336 e. The van der Waals surface area contributed by atoms with Gasteiger partial charge in [0.25, 0.3) is 0 Å². The number of likely N-dealkylation sites (N-methyl/N-ethyl adjacent to an activating group) is 1. The molecule has 3 rings (SSSR count). The molecule has 3 N–H and O–H groups in total. The Hall–Kier alpha value is -3.32. The molecule has 0 aliphatic carbocycles. The van der Waals surface area contributed by atoms with Crippen LogP contribution in [0.5, 0.6) is 11.5 Å². The molecule has 7 nitrogen and oxygen atoms in total. The third-order valence-electron chi connectivity index (χ3n) is 4.72. The first-order valence-corrected chi connectivity index (χ1v) is 9.19. The van der Waals surface area contributed by atoms with Crippen LogP contribution in [-0.2, 0) is 11.3 Å². The summed E-state index contributed by atoms with van der Waals surface area (Å²) in [7, 11) is 1.76. The number of phenols is 2. The van der Waals surface area contributed by atoms with Crippen LogP contribution < -0.4 is 10.9 Å². The Morgan fingerprint density at radius 3 is 2.31 bits per heavy atom. The molecule has 3 aromatic rings. The lowest BCUT2D eigenvalue weighted by Gasteiger charge is -2.19. The van der Waals surface area contributed by atoms with Gasteiger partial charge in [-0.25, -0.2) is 4.79 Å². The number of amides is 1. The number of aryl methyl sites for hydroxylation is 3. The lowest BCUT2D eigenvalue weighted by atomic mass is 10.1. The highest BCUT2D eigenvalue weighted by Gasteiger charge is 2.15. The fourth-order valence-electron chi connectivity index (χ4n) is 3.53. The SMILES string of the molecule is Cc1cc(C)c(NC(=O)CN(C)Cc2cc(=O)oc3cc(O)c(O)cc23)c(C)c1. The zero-order valence-electron chi connectivity index (χ0n) is 16.9. The van der Waals surface area contributed by atoms with E-state index in [9.17, 15) is 19.8 Å². The van der Waals surface area contributed by atoms with Crippen molar-refractivity contribution in [3.05, 3.63) is 63.0 Å². The zero-order chi connectivity index (χ0) is 21.3. The predicted octanol–water partition coefficient (Wildman–Crippen LogP) is 3.20. The Bertz CT molecular complexity index is 1130. The average Bonchev–Trinajstić information content (AvgIpc) is 2.59. The Kier molecular flexibility index (Phi) is 5.61. The number of hydrogen-bond acceptors (Lipinski definition) is 6. The van der Waals surface area contributed by atoms with E-state index in [4.69, 9.17) is 4.42 Å². The first-order valence-electron chi connectivity index (χ1n) is 9.19. The summed E-state index contributed by atoms with van der Waals surface area (Å²) >= 11 is 0. The molecular formula is C22H24N2O5. The number of hydrogen-bond donors (Lipinski definition) is 3. The molecule has 0 bridgehead atoms. The van der Waals surface area contributed by atoms with Gasteiger partial charge in [0.1, 0.15) is 5.58 Å². The first kappa shape index (κ1) is 20.4. The molecule has 152 valence electrons.